The van der Waals surface area contributed by atoms with Crippen molar-refractivity contribution in [3.8, 4) is 23.3 Å². The van der Waals surface area contributed by atoms with E-state index in [1.165, 1.54) is 11.3 Å². The molecule has 6 atom stereocenters. The highest BCUT2D eigenvalue weighted by Crippen LogP contribution is 2.65. The number of hydrogen-bond acceptors (Lipinski definition) is 10. The zero-order chi connectivity index (χ0) is 43.1. The van der Waals surface area contributed by atoms with Crippen molar-refractivity contribution in [2.45, 2.75) is 29.6 Å². The summed E-state index contributed by atoms with van der Waals surface area (Å²) in [5, 5.41) is 16.3. The lowest BCUT2D eigenvalue weighted by atomic mass is 9.65. The SMILES string of the molecule is COc1ccc(C#Cc2ccc3c(c2)[C@]2(C(=O)N3)[C@H](c3cccc(OCCO)c3)N3[C@H](c4ccccc4)[C@H](c4ccccc4)OC(=O)[C@H]3[C@@H]2C(=O)Nc2nc3ccccc3s2)cc1. The van der Waals surface area contributed by atoms with Gasteiger partial charge in [-0.1, -0.05) is 108 Å². The van der Waals surface area contributed by atoms with E-state index in [2.05, 4.69) is 22.5 Å². The lowest BCUT2D eigenvalue weighted by Gasteiger charge is -2.46. The van der Waals surface area contributed by atoms with Crippen LogP contribution in [-0.4, -0.2) is 59.1 Å². The molecule has 3 N–H and O–H groups in total. The number of thiazole rings is 1. The van der Waals surface area contributed by atoms with Crippen LogP contribution in [0.1, 0.15) is 51.6 Å². The molecule has 4 heterocycles. The first-order valence-electron chi connectivity index (χ1n) is 20.6. The van der Waals surface area contributed by atoms with Gasteiger partial charge in [0.25, 0.3) is 0 Å². The molecule has 0 radical (unpaired) electrons. The molecule has 6 aromatic carbocycles. The maximum absolute atomic E-state index is 15.6. The Morgan fingerprint density at radius 1 is 0.810 bits per heavy atom. The van der Waals surface area contributed by atoms with Crippen molar-refractivity contribution in [1.29, 1.82) is 0 Å². The number of aliphatic hydroxyl groups is 1. The van der Waals surface area contributed by atoms with Crippen LogP contribution in [0.5, 0.6) is 11.5 Å². The molecule has 1 spiro atoms. The van der Waals surface area contributed by atoms with E-state index in [1.54, 1.807) is 19.2 Å². The number of nitrogens with one attached hydrogen (secondary N) is 2. The second-order valence-corrected chi connectivity index (χ2v) is 16.6. The second-order valence-electron chi connectivity index (χ2n) is 15.6. The van der Waals surface area contributed by atoms with Gasteiger partial charge < -0.3 is 30.0 Å². The predicted molar refractivity (Wildman–Crippen MR) is 239 cm³/mol. The molecule has 2 fully saturated rings. The fourth-order valence-electron chi connectivity index (χ4n) is 9.54. The topological polar surface area (TPSA) is 139 Å². The third-order valence-electron chi connectivity index (χ3n) is 12.1. The van der Waals surface area contributed by atoms with Crippen molar-refractivity contribution in [2.75, 3.05) is 31.0 Å². The monoisotopic (exact) mass is 852 g/mol. The summed E-state index contributed by atoms with van der Waals surface area (Å²) in [6.45, 7) is -0.177. The number of aliphatic hydroxyl groups excluding tert-OH is 1. The van der Waals surface area contributed by atoms with Gasteiger partial charge in [-0.15, -0.1) is 0 Å². The van der Waals surface area contributed by atoms with Crippen molar-refractivity contribution < 1.29 is 33.7 Å². The molecule has 11 nitrogen and oxygen atoms in total. The van der Waals surface area contributed by atoms with Crippen LogP contribution in [-0.2, 0) is 24.5 Å². The third-order valence-corrected chi connectivity index (χ3v) is 13.0. The molecule has 0 saturated carbocycles. The molecule has 12 heteroatoms. The van der Waals surface area contributed by atoms with Crippen LogP contribution in [0.25, 0.3) is 10.2 Å². The predicted octanol–water partition coefficient (Wildman–Crippen LogP) is 7.99. The van der Waals surface area contributed by atoms with Crippen LogP contribution in [0, 0.1) is 17.8 Å². The van der Waals surface area contributed by atoms with Gasteiger partial charge in [-0.2, -0.15) is 0 Å². The van der Waals surface area contributed by atoms with Gasteiger partial charge >= 0.3 is 5.97 Å². The van der Waals surface area contributed by atoms with Crippen LogP contribution < -0.4 is 20.1 Å². The van der Waals surface area contributed by atoms with Crippen molar-refractivity contribution in [1.82, 2.24) is 9.88 Å². The molecule has 0 bridgehead atoms. The smallest absolute Gasteiger partial charge is 0.324 e. The number of fused-ring (bicyclic) bond motifs is 4. The van der Waals surface area contributed by atoms with Gasteiger partial charge in [0.05, 0.1) is 41.9 Å². The number of ether oxygens (including phenoxy) is 3. The summed E-state index contributed by atoms with van der Waals surface area (Å²) < 4.78 is 18.7. The average Bonchev–Trinajstić information content (AvgIpc) is 3.97. The summed E-state index contributed by atoms with van der Waals surface area (Å²) in [5.41, 5.74) is 3.49. The Labute approximate surface area is 367 Å². The Morgan fingerprint density at radius 3 is 2.25 bits per heavy atom. The molecule has 0 unspecified atom stereocenters. The summed E-state index contributed by atoms with van der Waals surface area (Å²) in [6, 6.07) is 44.1. The normalized spacial score (nSPS) is 22.3. The number of nitrogens with zero attached hydrogens (tertiary/aromatic N) is 2. The van der Waals surface area contributed by atoms with Crippen molar-refractivity contribution in [3.63, 3.8) is 0 Å². The van der Waals surface area contributed by atoms with Crippen LogP contribution in [0.15, 0.2) is 152 Å². The number of carbonyl (C=O) groups is 3. The van der Waals surface area contributed by atoms with E-state index in [0.717, 1.165) is 21.4 Å². The van der Waals surface area contributed by atoms with E-state index >= 15 is 14.4 Å². The minimum Gasteiger partial charge on any atom is -0.497 e. The lowest BCUT2D eigenvalue weighted by molar-refractivity contribution is -0.177. The van der Waals surface area contributed by atoms with Gasteiger partial charge in [-0.3, -0.25) is 19.3 Å². The van der Waals surface area contributed by atoms with Gasteiger partial charge in [0.15, 0.2) is 5.13 Å². The summed E-state index contributed by atoms with van der Waals surface area (Å²) in [6.07, 6.45) is -0.831. The van der Waals surface area contributed by atoms with E-state index in [4.69, 9.17) is 19.2 Å². The summed E-state index contributed by atoms with van der Waals surface area (Å²) in [5.74, 6) is 4.63. The summed E-state index contributed by atoms with van der Waals surface area (Å²) >= 11 is 1.31. The van der Waals surface area contributed by atoms with E-state index in [9.17, 15) is 5.11 Å². The van der Waals surface area contributed by atoms with Gasteiger partial charge in [0, 0.05) is 16.8 Å². The molecule has 2 amide bonds. The number of rotatable bonds is 9. The Balaban J connectivity index is 1.23. The van der Waals surface area contributed by atoms with Gasteiger partial charge in [0.1, 0.15) is 35.7 Å². The van der Waals surface area contributed by atoms with Crippen molar-refractivity contribution in [2.24, 2.45) is 5.92 Å². The standard InChI is InChI=1S/C51H40N4O7S/c1-60-36-24-21-31(22-25-36)19-20-32-23-26-39-38(29-32)51(49(59)52-39)42(47(57)54-50-53-40-17-8-9-18-41(40)63-50)44-48(58)62-45(34-13-6-3-7-14-34)43(33-11-4-2-5-12-33)55(44)46(51)35-15-10-16-37(30-35)61-28-27-56/h2-18,21-26,29-30,42-46,56H,27-28H2,1H3,(H,52,59)(H,53,54,57)/t42-,43-,44-,45+,46+,51-/m1/s1. The van der Waals surface area contributed by atoms with Crippen molar-refractivity contribution >= 4 is 50.2 Å². The minimum absolute atomic E-state index is 0.0351. The van der Waals surface area contributed by atoms with Gasteiger partial charge in [0.2, 0.25) is 11.8 Å². The highest BCUT2D eigenvalue weighted by atomic mass is 32.1. The Bertz CT molecular complexity index is 2900. The number of methoxy groups -OCH3 is 1. The van der Waals surface area contributed by atoms with Crippen LogP contribution in [0.3, 0.4) is 0 Å². The Morgan fingerprint density at radius 2 is 1.51 bits per heavy atom. The number of para-hydroxylation sites is 1. The number of aromatic nitrogens is 1. The van der Waals surface area contributed by atoms with E-state index in [0.29, 0.717) is 44.5 Å². The second kappa shape index (κ2) is 16.5. The summed E-state index contributed by atoms with van der Waals surface area (Å²) in [4.78, 5) is 53.1. The number of amides is 2. The molecule has 2 saturated heterocycles. The van der Waals surface area contributed by atoms with Gasteiger partial charge in [-0.05, 0) is 89.0 Å². The Kier molecular flexibility index (Phi) is 10.4. The van der Waals surface area contributed by atoms with Gasteiger partial charge in [-0.25, -0.2) is 4.98 Å². The number of anilines is 2. The highest BCUT2D eigenvalue weighted by Gasteiger charge is 2.74. The fourth-order valence-corrected chi connectivity index (χ4v) is 10.4. The van der Waals surface area contributed by atoms with Crippen LogP contribution in [0.4, 0.5) is 10.8 Å². The number of carbonyl (C=O) groups excluding carboxylic acids is 3. The maximum atomic E-state index is 15.6. The molecule has 0 aliphatic carbocycles. The Hall–Kier alpha value is -7.30. The number of esters is 1. The van der Waals surface area contributed by atoms with E-state index in [-0.39, 0.29) is 13.2 Å². The largest absolute Gasteiger partial charge is 0.497 e. The number of hydrogen-bond donors (Lipinski definition) is 3. The lowest BCUT2D eigenvalue weighted by Crippen LogP contribution is -2.53. The molecule has 312 valence electrons. The molecular formula is C51H40N4O7S. The number of morpholine rings is 1. The minimum atomic E-state index is -1.76. The molecule has 3 aliphatic heterocycles. The molecule has 7 aromatic rings. The molecule has 1 aromatic heterocycles. The van der Waals surface area contributed by atoms with E-state index < -0.39 is 53.3 Å². The average molecular weight is 853 g/mol. The van der Waals surface area contributed by atoms with Crippen LogP contribution in [0.2, 0.25) is 0 Å². The molecule has 63 heavy (non-hydrogen) atoms. The van der Waals surface area contributed by atoms with Crippen molar-refractivity contribution in [3.05, 3.63) is 185 Å². The quantitative estimate of drug-likeness (QED) is 0.0975. The maximum Gasteiger partial charge on any atom is 0.324 e. The third kappa shape index (κ3) is 6.96. The first kappa shape index (κ1) is 39.8. The number of benzene rings is 6. The molecule has 10 rings (SSSR count). The first-order valence-corrected chi connectivity index (χ1v) is 21.4. The summed E-state index contributed by atoms with van der Waals surface area (Å²) in [7, 11) is 1.61. The highest BCUT2D eigenvalue weighted by molar-refractivity contribution is 7.22. The molecular weight excluding hydrogens is 813 g/mol. The first-order chi connectivity index (χ1) is 30.9. The zero-order valence-corrected chi connectivity index (χ0v) is 34.8. The number of cyclic esters (lactones) is 1. The van der Waals surface area contributed by atoms with E-state index in [1.807, 2.05) is 144 Å². The molecule has 3 aliphatic rings. The fraction of sp³-hybridized carbons (Fsp3) is 0.176. The zero-order valence-electron chi connectivity index (χ0n) is 33.9. The van der Waals surface area contributed by atoms with Crippen LogP contribution >= 0.6 is 11.3 Å².